The van der Waals surface area contributed by atoms with Crippen LogP contribution in [0.25, 0.3) is 0 Å². The number of hydrogen-bond acceptors (Lipinski definition) is 5. The number of piperidine rings is 2. The zero-order chi connectivity index (χ0) is 21.8. The van der Waals surface area contributed by atoms with Crippen molar-refractivity contribution in [3.8, 4) is 0 Å². The van der Waals surface area contributed by atoms with Crippen molar-refractivity contribution in [1.29, 1.82) is 0 Å². The van der Waals surface area contributed by atoms with Gasteiger partial charge in [-0.15, -0.1) is 0 Å². The van der Waals surface area contributed by atoms with E-state index in [1.807, 2.05) is 0 Å². The number of likely N-dealkylation sites (tertiary alicyclic amines) is 2. The van der Waals surface area contributed by atoms with Gasteiger partial charge in [-0.2, -0.15) is 0 Å². The maximum atomic E-state index is 12.2. The molecule has 0 aromatic carbocycles. The summed E-state index contributed by atoms with van der Waals surface area (Å²) in [7, 11) is 0. The molecule has 2 rings (SSSR count). The summed E-state index contributed by atoms with van der Waals surface area (Å²) in [5.41, 5.74) is 0. The van der Waals surface area contributed by atoms with E-state index in [4.69, 9.17) is 0 Å². The van der Waals surface area contributed by atoms with Gasteiger partial charge in [-0.3, -0.25) is 9.59 Å². The molecule has 0 bridgehead atoms. The van der Waals surface area contributed by atoms with Crippen molar-refractivity contribution in [2.45, 2.75) is 71.3 Å². The summed E-state index contributed by atoms with van der Waals surface area (Å²) in [4.78, 5) is 29.0. The lowest BCUT2D eigenvalue weighted by Crippen LogP contribution is -2.47. The van der Waals surface area contributed by atoms with E-state index in [1.54, 1.807) is 0 Å². The highest BCUT2D eigenvalue weighted by Crippen LogP contribution is 2.20. The van der Waals surface area contributed by atoms with Gasteiger partial charge in [0.25, 0.3) is 0 Å². The van der Waals surface area contributed by atoms with Crippen LogP contribution in [0.5, 0.6) is 0 Å². The third-order valence-electron chi connectivity index (χ3n) is 6.51. The summed E-state index contributed by atoms with van der Waals surface area (Å²) in [5.74, 6) is 0.644. The van der Waals surface area contributed by atoms with E-state index in [2.05, 4.69) is 34.3 Å². The molecule has 0 atom stereocenters. The Labute approximate surface area is 182 Å². The van der Waals surface area contributed by atoms with Crippen LogP contribution in [0.1, 0.15) is 65.2 Å². The summed E-state index contributed by atoms with van der Waals surface area (Å²) in [5, 5.41) is 16.6. The largest absolute Gasteiger partial charge is 0.390 e. The third-order valence-corrected chi connectivity index (χ3v) is 6.51. The van der Waals surface area contributed by atoms with E-state index in [9.17, 15) is 14.7 Å². The molecule has 2 fully saturated rings. The quantitative estimate of drug-likeness (QED) is 0.415. The molecule has 0 spiro atoms. The second kappa shape index (κ2) is 14.0. The lowest BCUT2D eigenvalue weighted by Gasteiger charge is -2.35. The maximum Gasteiger partial charge on any atom is 0.223 e. The lowest BCUT2D eigenvalue weighted by atomic mass is 9.95. The minimum absolute atomic E-state index is 0.123. The van der Waals surface area contributed by atoms with Gasteiger partial charge in [0, 0.05) is 38.0 Å². The van der Waals surface area contributed by atoms with E-state index < -0.39 is 0 Å². The van der Waals surface area contributed by atoms with Crippen LogP contribution in [0.4, 0.5) is 0 Å². The van der Waals surface area contributed by atoms with Crippen LogP contribution in [0.3, 0.4) is 0 Å². The van der Waals surface area contributed by atoms with Gasteiger partial charge < -0.3 is 25.5 Å². The number of β-amino-alcohol motifs (C(OH)–C–C–N with tert-alkyl or cyclic N) is 1. The Morgan fingerprint density at radius 3 is 1.50 bits per heavy atom. The van der Waals surface area contributed by atoms with E-state index in [0.29, 0.717) is 13.1 Å². The molecule has 0 aliphatic carbocycles. The third kappa shape index (κ3) is 8.90. The van der Waals surface area contributed by atoms with Gasteiger partial charge in [0.15, 0.2) is 0 Å². The summed E-state index contributed by atoms with van der Waals surface area (Å²) in [6.45, 7) is 10.7. The minimum atomic E-state index is -0.380. The number of nitrogens with zero attached hydrogens (tertiary/aromatic N) is 2. The number of carbonyl (C=O) groups is 2. The summed E-state index contributed by atoms with van der Waals surface area (Å²) >= 11 is 0. The standard InChI is InChI=1S/C23H44N4O3/c1-3-5-11-24-22(29)19-7-13-26(14-8-19)17-21(28)18-27-15-9-20(10-16-27)23(30)25-12-6-4-2/h19-21,28H,3-18H2,1-2H3,(H,24,29)(H,25,30). The van der Waals surface area contributed by atoms with Crippen LogP contribution in [-0.4, -0.2) is 85.2 Å². The van der Waals surface area contributed by atoms with Crippen molar-refractivity contribution in [3.63, 3.8) is 0 Å². The summed E-state index contributed by atoms with van der Waals surface area (Å²) < 4.78 is 0. The molecular formula is C23H44N4O3. The lowest BCUT2D eigenvalue weighted by molar-refractivity contribution is -0.127. The maximum absolute atomic E-state index is 12.2. The Morgan fingerprint density at radius 1 is 0.800 bits per heavy atom. The molecule has 7 nitrogen and oxygen atoms in total. The molecule has 0 radical (unpaired) electrons. The van der Waals surface area contributed by atoms with Gasteiger partial charge in [-0.05, 0) is 64.7 Å². The highest BCUT2D eigenvalue weighted by molar-refractivity contribution is 5.79. The zero-order valence-corrected chi connectivity index (χ0v) is 19.2. The molecule has 0 aromatic heterocycles. The SMILES string of the molecule is CCCCNC(=O)C1CCN(CC(O)CN2CCC(C(=O)NCCCC)CC2)CC1. The van der Waals surface area contributed by atoms with Crippen molar-refractivity contribution < 1.29 is 14.7 Å². The van der Waals surface area contributed by atoms with E-state index in [1.165, 1.54) is 0 Å². The average Bonchev–Trinajstić information content (AvgIpc) is 2.75. The van der Waals surface area contributed by atoms with Crippen molar-refractivity contribution in [1.82, 2.24) is 20.4 Å². The van der Waals surface area contributed by atoms with Gasteiger partial charge in [-0.1, -0.05) is 26.7 Å². The van der Waals surface area contributed by atoms with Gasteiger partial charge in [0.2, 0.25) is 11.8 Å². The van der Waals surface area contributed by atoms with Crippen LogP contribution >= 0.6 is 0 Å². The molecule has 2 saturated heterocycles. The Morgan fingerprint density at radius 2 is 1.17 bits per heavy atom. The van der Waals surface area contributed by atoms with E-state index >= 15 is 0 Å². The second-order valence-corrected chi connectivity index (χ2v) is 9.09. The van der Waals surface area contributed by atoms with Gasteiger partial charge in [0.1, 0.15) is 0 Å². The molecular weight excluding hydrogens is 380 g/mol. The molecule has 0 unspecified atom stereocenters. The number of aliphatic hydroxyl groups is 1. The Bertz CT molecular complexity index is 457. The molecule has 0 saturated carbocycles. The minimum Gasteiger partial charge on any atom is -0.390 e. The van der Waals surface area contributed by atoms with Crippen LogP contribution in [-0.2, 0) is 9.59 Å². The Balaban J connectivity index is 1.59. The number of aliphatic hydroxyl groups excluding tert-OH is 1. The number of nitrogens with one attached hydrogen (secondary N) is 2. The highest BCUT2D eigenvalue weighted by atomic mass is 16.3. The van der Waals surface area contributed by atoms with Gasteiger partial charge in [0.05, 0.1) is 6.10 Å². The number of unbranched alkanes of at least 4 members (excludes halogenated alkanes) is 2. The van der Waals surface area contributed by atoms with Crippen molar-refractivity contribution >= 4 is 11.8 Å². The molecule has 7 heteroatoms. The zero-order valence-electron chi connectivity index (χ0n) is 19.2. The van der Waals surface area contributed by atoms with Crippen molar-refractivity contribution in [2.75, 3.05) is 52.4 Å². The molecule has 3 N–H and O–H groups in total. The number of rotatable bonds is 12. The average molecular weight is 425 g/mol. The predicted octanol–water partition coefficient (Wildman–Crippen LogP) is 1.60. The molecule has 0 aromatic rings. The topological polar surface area (TPSA) is 84.9 Å². The Kier molecular flexibility index (Phi) is 11.7. The fourth-order valence-corrected chi connectivity index (χ4v) is 4.47. The first kappa shape index (κ1) is 25.1. The van der Waals surface area contributed by atoms with Crippen LogP contribution < -0.4 is 10.6 Å². The molecule has 2 heterocycles. The van der Waals surface area contributed by atoms with Crippen molar-refractivity contribution in [3.05, 3.63) is 0 Å². The first-order chi connectivity index (χ1) is 14.5. The van der Waals surface area contributed by atoms with Crippen LogP contribution in [0.2, 0.25) is 0 Å². The van der Waals surface area contributed by atoms with Crippen molar-refractivity contribution in [2.24, 2.45) is 11.8 Å². The first-order valence-corrected chi connectivity index (χ1v) is 12.2. The monoisotopic (exact) mass is 424 g/mol. The number of amides is 2. The number of carbonyl (C=O) groups excluding carboxylic acids is 2. The highest BCUT2D eigenvalue weighted by Gasteiger charge is 2.28. The molecule has 2 aliphatic rings. The summed E-state index contributed by atoms with van der Waals surface area (Å²) in [6, 6.07) is 0. The molecule has 30 heavy (non-hydrogen) atoms. The van der Waals surface area contributed by atoms with E-state index in [0.717, 1.165) is 90.6 Å². The molecule has 2 amide bonds. The van der Waals surface area contributed by atoms with Gasteiger partial charge >= 0.3 is 0 Å². The van der Waals surface area contributed by atoms with E-state index in [-0.39, 0.29) is 29.8 Å². The first-order valence-electron chi connectivity index (χ1n) is 12.2. The van der Waals surface area contributed by atoms with Crippen LogP contribution in [0, 0.1) is 11.8 Å². The smallest absolute Gasteiger partial charge is 0.223 e. The molecule has 2 aliphatic heterocycles. The second-order valence-electron chi connectivity index (χ2n) is 9.09. The van der Waals surface area contributed by atoms with Crippen LogP contribution in [0.15, 0.2) is 0 Å². The fourth-order valence-electron chi connectivity index (χ4n) is 4.47. The summed E-state index contributed by atoms with van der Waals surface area (Å²) in [6.07, 6.45) is 7.41. The van der Waals surface area contributed by atoms with Gasteiger partial charge in [-0.25, -0.2) is 0 Å². The predicted molar refractivity (Wildman–Crippen MR) is 120 cm³/mol. The fraction of sp³-hybridized carbons (Fsp3) is 0.913. The Hall–Kier alpha value is -1.18. The number of hydrogen-bond donors (Lipinski definition) is 3. The molecule has 174 valence electrons. The normalized spacial score (nSPS) is 19.9.